The average Bonchev–Trinajstić information content (AvgIpc) is 2.89. The molecule has 220 valence electrons. The van der Waals surface area contributed by atoms with Gasteiger partial charge in [0.25, 0.3) is 0 Å². The average molecular weight is 593 g/mol. The molecule has 1 aliphatic rings. The van der Waals surface area contributed by atoms with Gasteiger partial charge in [-0.3, -0.25) is 0 Å². The fourth-order valence-corrected chi connectivity index (χ4v) is 5.49. The van der Waals surface area contributed by atoms with Crippen molar-refractivity contribution in [2.75, 3.05) is 13.9 Å². The van der Waals surface area contributed by atoms with Crippen molar-refractivity contribution in [1.82, 2.24) is 0 Å². The summed E-state index contributed by atoms with van der Waals surface area (Å²) in [6, 6.07) is 13.6. The summed E-state index contributed by atoms with van der Waals surface area (Å²) in [5, 5.41) is 9.24. The van der Waals surface area contributed by atoms with E-state index in [1.165, 1.54) is 31.4 Å². The summed E-state index contributed by atoms with van der Waals surface area (Å²) in [6.07, 6.45) is 1.75. The Balaban J connectivity index is 2.01. The molecule has 0 aliphatic heterocycles. The number of carbonyl (C=O) groups is 1. The van der Waals surface area contributed by atoms with Crippen LogP contribution in [0.1, 0.15) is 62.0 Å². The van der Waals surface area contributed by atoms with Crippen molar-refractivity contribution in [2.45, 2.75) is 56.9 Å². The highest BCUT2D eigenvalue weighted by Gasteiger charge is 2.49. The molecular formula is C30H31F3O7S. The van der Waals surface area contributed by atoms with Gasteiger partial charge in [0.05, 0.1) is 5.56 Å². The number of hydrogen-bond donors (Lipinski definition) is 1. The Hall–Kier alpha value is -3.57. The van der Waals surface area contributed by atoms with Gasteiger partial charge in [-0.15, -0.1) is 0 Å². The lowest BCUT2D eigenvalue weighted by molar-refractivity contribution is -0.0499. The number of alkyl halides is 3. The van der Waals surface area contributed by atoms with Crippen LogP contribution in [0.15, 0.2) is 54.6 Å². The molecule has 4 rings (SSSR count). The van der Waals surface area contributed by atoms with Crippen LogP contribution in [0.5, 0.6) is 11.5 Å². The van der Waals surface area contributed by atoms with Crippen LogP contribution in [0.4, 0.5) is 13.2 Å². The third-order valence-electron chi connectivity index (χ3n) is 7.50. The Labute approximate surface area is 237 Å². The first kappa shape index (κ1) is 30.4. The molecule has 0 spiro atoms. The minimum Gasteiger partial charge on any atom is -0.478 e. The lowest BCUT2D eigenvalue weighted by Crippen LogP contribution is -2.34. The number of carboxylic acids is 1. The summed E-state index contributed by atoms with van der Waals surface area (Å²) in [5.41, 5.74) is -2.72. The minimum atomic E-state index is -5.99. The SMILES string of the molecule is COCOc1cc2c(cc1-c1cc(-c3ccc(C(=O)O)cc3)ccc1OS(=O)(=O)C(F)(F)F)C(C)(C)CCC2(C)C. The van der Waals surface area contributed by atoms with Gasteiger partial charge in [0.1, 0.15) is 5.75 Å². The van der Waals surface area contributed by atoms with E-state index in [0.717, 1.165) is 30.0 Å². The zero-order chi connectivity index (χ0) is 30.4. The van der Waals surface area contributed by atoms with E-state index in [-0.39, 0.29) is 34.5 Å². The maximum Gasteiger partial charge on any atom is 0.534 e. The van der Waals surface area contributed by atoms with Gasteiger partial charge in [-0.1, -0.05) is 45.9 Å². The number of hydrogen-bond acceptors (Lipinski definition) is 6. The van der Waals surface area contributed by atoms with Gasteiger partial charge in [0.2, 0.25) is 0 Å². The molecule has 1 aliphatic carbocycles. The summed E-state index contributed by atoms with van der Waals surface area (Å²) < 4.78 is 79.9. The number of benzene rings is 3. The quantitative estimate of drug-likeness (QED) is 0.167. The third kappa shape index (κ3) is 6.06. The Morgan fingerprint density at radius 3 is 1.93 bits per heavy atom. The van der Waals surface area contributed by atoms with Crippen LogP contribution in [0.25, 0.3) is 22.3 Å². The van der Waals surface area contributed by atoms with Gasteiger partial charge in [0.15, 0.2) is 12.5 Å². The fourth-order valence-electron chi connectivity index (χ4n) is 5.01. The second kappa shape index (κ2) is 10.7. The first-order valence-corrected chi connectivity index (χ1v) is 14.2. The molecule has 11 heteroatoms. The topological polar surface area (TPSA) is 99.1 Å². The Morgan fingerprint density at radius 1 is 0.854 bits per heavy atom. The van der Waals surface area contributed by atoms with E-state index in [4.69, 9.17) is 9.47 Å². The Bertz CT molecular complexity index is 1570. The molecule has 3 aromatic carbocycles. The number of rotatable bonds is 8. The zero-order valence-corrected chi connectivity index (χ0v) is 24.1. The monoisotopic (exact) mass is 592 g/mol. The van der Waals surface area contributed by atoms with E-state index >= 15 is 0 Å². The lowest BCUT2D eigenvalue weighted by Gasteiger charge is -2.42. The number of methoxy groups -OCH3 is 1. The van der Waals surface area contributed by atoms with Crippen molar-refractivity contribution in [2.24, 2.45) is 0 Å². The van der Waals surface area contributed by atoms with E-state index in [1.807, 2.05) is 12.1 Å². The van der Waals surface area contributed by atoms with E-state index < -0.39 is 27.3 Å². The van der Waals surface area contributed by atoms with Crippen LogP contribution in [0, 0.1) is 0 Å². The Kier molecular flexibility index (Phi) is 7.92. The fraction of sp³-hybridized carbons (Fsp3) is 0.367. The summed E-state index contributed by atoms with van der Waals surface area (Å²) in [4.78, 5) is 11.3. The summed E-state index contributed by atoms with van der Waals surface area (Å²) in [7, 11) is -4.57. The number of ether oxygens (including phenoxy) is 2. The molecule has 0 bridgehead atoms. The molecule has 1 N–H and O–H groups in total. The molecule has 3 aromatic rings. The molecule has 0 radical (unpaired) electrons. The predicted octanol–water partition coefficient (Wildman–Crippen LogP) is 7.28. The van der Waals surface area contributed by atoms with Crippen molar-refractivity contribution >= 4 is 16.1 Å². The number of carboxylic acid groups (broad SMARTS) is 1. The molecule has 0 atom stereocenters. The molecule has 0 fully saturated rings. The minimum absolute atomic E-state index is 0.0470. The van der Waals surface area contributed by atoms with E-state index in [1.54, 1.807) is 12.1 Å². The van der Waals surface area contributed by atoms with Crippen LogP contribution in [-0.4, -0.2) is 38.9 Å². The maximum atomic E-state index is 13.4. The molecule has 0 saturated heterocycles. The highest BCUT2D eigenvalue weighted by Crippen LogP contribution is 2.51. The van der Waals surface area contributed by atoms with Crippen molar-refractivity contribution in [1.29, 1.82) is 0 Å². The molecular weight excluding hydrogens is 561 g/mol. The maximum absolute atomic E-state index is 13.4. The number of aromatic carboxylic acids is 1. The zero-order valence-electron chi connectivity index (χ0n) is 23.3. The largest absolute Gasteiger partial charge is 0.534 e. The van der Waals surface area contributed by atoms with Crippen LogP contribution < -0.4 is 8.92 Å². The lowest BCUT2D eigenvalue weighted by atomic mass is 9.62. The molecule has 0 amide bonds. The molecule has 7 nitrogen and oxygen atoms in total. The summed E-state index contributed by atoms with van der Waals surface area (Å²) in [6.45, 7) is 8.20. The smallest absolute Gasteiger partial charge is 0.478 e. The predicted molar refractivity (Wildman–Crippen MR) is 148 cm³/mol. The third-order valence-corrected chi connectivity index (χ3v) is 8.47. The van der Waals surface area contributed by atoms with Gasteiger partial charge in [-0.2, -0.15) is 21.6 Å². The summed E-state index contributed by atoms with van der Waals surface area (Å²) in [5.74, 6) is -1.37. The van der Waals surface area contributed by atoms with Gasteiger partial charge < -0.3 is 18.8 Å². The van der Waals surface area contributed by atoms with Gasteiger partial charge >= 0.3 is 21.6 Å². The van der Waals surface area contributed by atoms with Gasteiger partial charge in [-0.25, -0.2) is 4.79 Å². The van der Waals surface area contributed by atoms with E-state index in [2.05, 4.69) is 31.9 Å². The molecule has 0 heterocycles. The van der Waals surface area contributed by atoms with Crippen molar-refractivity contribution in [3.8, 4) is 33.8 Å². The first-order valence-electron chi connectivity index (χ1n) is 12.8. The van der Waals surface area contributed by atoms with Gasteiger partial charge in [0, 0.05) is 18.2 Å². The first-order chi connectivity index (χ1) is 19.0. The van der Waals surface area contributed by atoms with Crippen LogP contribution >= 0.6 is 0 Å². The molecule has 0 aromatic heterocycles. The van der Waals surface area contributed by atoms with Crippen LogP contribution in [0.2, 0.25) is 0 Å². The second-order valence-electron chi connectivity index (χ2n) is 11.3. The molecule has 0 unspecified atom stereocenters. The van der Waals surface area contributed by atoms with Gasteiger partial charge in [-0.05, 0) is 82.3 Å². The van der Waals surface area contributed by atoms with Crippen LogP contribution in [0.3, 0.4) is 0 Å². The normalized spacial score (nSPS) is 16.1. The standard InChI is InChI=1S/C30H31F3O7S/c1-28(2)12-13-29(3,4)24-16-26(39-17-38-5)22(15-23(24)28)21-14-20(18-6-8-19(9-7-18)27(34)35)10-11-25(21)40-41(36,37)30(31,32)33/h6-11,14-16H,12-13,17H2,1-5H3,(H,34,35). The molecule has 41 heavy (non-hydrogen) atoms. The van der Waals surface area contributed by atoms with Crippen LogP contribution in [-0.2, 0) is 25.7 Å². The summed E-state index contributed by atoms with van der Waals surface area (Å²) >= 11 is 0. The number of halogens is 3. The Morgan fingerprint density at radius 2 is 1.39 bits per heavy atom. The highest BCUT2D eigenvalue weighted by atomic mass is 32.2. The number of fused-ring (bicyclic) bond motifs is 1. The van der Waals surface area contributed by atoms with Crippen molar-refractivity contribution < 1.29 is 45.1 Å². The van der Waals surface area contributed by atoms with Crippen molar-refractivity contribution in [3.63, 3.8) is 0 Å². The van der Waals surface area contributed by atoms with E-state index in [9.17, 15) is 31.5 Å². The van der Waals surface area contributed by atoms with Crippen molar-refractivity contribution in [3.05, 3.63) is 71.3 Å². The highest BCUT2D eigenvalue weighted by molar-refractivity contribution is 7.88. The molecule has 0 saturated carbocycles. The van der Waals surface area contributed by atoms with E-state index in [0.29, 0.717) is 16.7 Å². The second-order valence-corrected chi connectivity index (χ2v) is 12.8.